The fourth-order valence-corrected chi connectivity index (χ4v) is 2.56. The van der Waals surface area contributed by atoms with Crippen LogP contribution >= 0.6 is 0 Å². The Hall–Kier alpha value is -2.00. The van der Waals surface area contributed by atoms with E-state index in [0.717, 1.165) is 18.8 Å². The lowest BCUT2D eigenvalue weighted by Gasteiger charge is -2.41. The molecule has 104 valence electrons. The molecule has 0 bridgehead atoms. The normalized spacial score (nSPS) is 14.9. The second kappa shape index (κ2) is 5.97. The van der Waals surface area contributed by atoms with Gasteiger partial charge in [-0.2, -0.15) is 0 Å². The molecule has 2 N–H and O–H groups in total. The lowest BCUT2D eigenvalue weighted by molar-refractivity contribution is 0.328. The number of nitrogens with zero attached hydrogens (tertiary/aromatic N) is 1. The van der Waals surface area contributed by atoms with Gasteiger partial charge in [0.15, 0.2) is 0 Å². The summed E-state index contributed by atoms with van der Waals surface area (Å²) in [6.07, 6.45) is 0. The van der Waals surface area contributed by atoms with Gasteiger partial charge in [0.05, 0.1) is 0 Å². The van der Waals surface area contributed by atoms with Crippen molar-refractivity contribution < 1.29 is 4.74 Å². The van der Waals surface area contributed by atoms with E-state index in [1.807, 2.05) is 12.1 Å². The predicted molar refractivity (Wildman–Crippen MR) is 82.4 cm³/mol. The molecule has 1 aliphatic heterocycles. The summed E-state index contributed by atoms with van der Waals surface area (Å²) in [6, 6.07) is 19.0. The second-order valence-electron chi connectivity index (χ2n) is 5.14. The van der Waals surface area contributed by atoms with E-state index in [1.165, 1.54) is 11.3 Å². The molecule has 2 aromatic rings. The van der Waals surface area contributed by atoms with Crippen molar-refractivity contribution in [3.8, 4) is 5.75 Å². The molecule has 0 unspecified atom stereocenters. The lowest BCUT2D eigenvalue weighted by atomic mass is 9.91. The first-order valence-electron chi connectivity index (χ1n) is 7.09. The summed E-state index contributed by atoms with van der Waals surface area (Å²) in [7, 11) is 0. The summed E-state index contributed by atoms with van der Waals surface area (Å²) in [6.45, 7) is 3.30. The molecule has 3 heteroatoms. The topological polar surface area (TPSA) is 38.5 Å². The van der Waals surface area contributed by atoms with E-state index >= 15 is 0 Å². The zero-order valence-electron chi connectivity index (χ0n) is 11.5. The molecule has 2 aromatic carbocycles. The molecular formula is C17H20N2O. The number of ether oxygens (including phenoxy) is 1. The fraction of sp³-hybridized carbons (Fsp3) is 0.294. The van der Waals surface area contributed by atoms with Crippen LogP contribution in [-0.4, -0.2) is 26.2 Å². The highest BCUT2D eigenvalue weighted by molar-refractivity contribution is 5.52. The quantitative estimate of drug-likeness (QED) is 0.906. The minimum Gasteiger partial charge on any atom is -0.492 e. The molecule has 0 radical (unpaired) electrons. The molecule has 0 amide bonds. The van der Waals surface area contributed by atoms with Crippen molar-refractivity contribution in [2.45, 2.75) is 5.92 Å². The number of benzene rings is 2. The molecule has 20 heavy (non-hydrogen) atoms. The van der Waals surface area contributed by atoms with Gasteiger partial charge >= 0.3 is 0 Å². The Kier molecular flexibility index (Phi) is 3.88. The van der Waals surface area contributed by atoms with Gasteiger partial charge < -0.3 is 15.4 Å². The Morgan fingerprint density at radius 3 is 2.35 bits per heavy atom. The predicted octanol–water partition coefficient (Wildman–Crippen LogP) is 2.63. The number of hydrogen-bond acceptors (Lipinski definition) is 3. The minimum atomic E-state index is 0.548. The van der Waals surface area contributed by atoms with Crippen LogP contribution in [0.15, 0.2) is 54.6 Å². The summed E-state index contributed by atoms with van der Waals surface area (Å²) in [5, 5.41) is 0. The van der Waals surface area contributed by atoms with E-state index in [2.05, 4.69) is 47.4 Å². The first-order chi connectivity index (χ1) is 9.86. The zero-order chi connectivity index (χ0) is 13.8. The summed E-state index contributed by atoms with van der Waals surface area (Å²) >= 11 is 0. The van der Waals surface area contributed by atoms with E-state index in [9.17, 15) is 0 Å². The van der Waals surface area contributed by atoms with Crippen LogP contribution in [0.1, 0.15) is 11.5 Å². The van der Waals surface area contributed by atoms with Gasteiger partial charge in [-0.15, -0.1) is 0 Å². The Labute approximate surface area is 120 Å². The van der Waals surface area contributed by atoms with Crippen molar-refractivity contribution in [3.05, 3.63) is 60.2 Å². The molecule has 0 aromatic heterocycles. The van der Waals surface area contributed by atoms with Crippen LogP contribution in [0, 0.1) is 0 Å². The van der Waals surface area contributed by atoms with Gasteiger partial charge in [0.2, 0.25) is 0 Å². The first-order valence-corrected chi connectivity index (χ1v) is 7.09. The van der Waals surface area contributed by atoms with Crippen molar-refractivity contribution in [1.29, 1.82) is 0 Å². The molecule has 0 spiro atoms. The average Bonchev–Trinajstić information content (AvgIpc) is 2.46. The molecule has 0 aliphatic carbocycles. The molecular weight excluding hydrogens is 248 g/mol. The number of nitrogens with two attached hydrogens (primary N) is 1. The summed E-state index contributed by atoms with van der Waals surface area (Å²) in [5.74, 6) is 1.55. The Morgan fingerprint density at radius 2 is 1.70 bits per heavy atom. The van der Waals surface area contributed by atoms with Gasteiger partial charge in [-0.3, -0.25) is 0 Å². The van der Waals surface area contributed by atoms with Crippen LogP contribution in [0.2, 0.25) is 0 Å². The van der Waals surface area contributed by atoms with E-state index in [0.29, 0.717) is 19.1 Å². The van der Waals surface area contributed by atoms with Gasteiger partial charge in [-0.1, -0.05) is 30.3 Å². The van der Waals surface area contributed by atoms with Crippen LogP contribution in [-0.2, 0) is 0 Å². The van der Waals surface area contributed by atoms with Crippen LogP contribution in [0.25, 0.3) is 0 Å². The van der Waals surface area contributed by atoms with E-state index in [1.54, 1.807) is 0 Å². The average molecular weight is 268 g/mol. The third-order valence-electron chi connectivity index (χ3n) is 3.74. The van der Waals surface area contributed by atoms with E-state index < -0.39 is 0 Å². The molecule has 1 saturated heterocycles. The van der Waals surface area contributed by atoms with Crippen LogP contribution in [0.5, 0.6) is 5.75 Å². The molecule has 1 fully saturated rings. The van der Waals surface area contributed by atoms with Gasteiger partial charge in [0.1, 0.15) is 12.4 Å². The largest absolute Gasteiger partial charge is 0.492 e. The Bertz CT molecular complexity index is 533. The minimum absolute atomic E-state index is 0.548. The van der Waals surface area contributed by atoms with Crippen LogP contribution in [0.3, 0.4) is 0 Å². The second-order valence-corrected chi connectivity index (χ2v) is 5.14. The van der Waals surface area contributed by atoms with Crippen molar-refractivity contribution in [1.82, 2.24) is 0 Å². The van der Waals surface area contributed by atoms with Gasteiger partial charge in [0, 0.05) is 31.2 Å². The SMILES string of the molecule is NCCOc1ccc(N2CC(c3ccccc3)C2)cc1. The number of hydrogen-bond donors (Lipinski definition) is 1. The number of anilines is 1. The smallest absolute Gasteiger partial charge is 0.119 e. The third kappa shape index (κ3) is 2.78. The summed E-state index contributed by atoms with van der Waals surface area (Å²) in [5.41, 5.74) is 8.12. The van der Waals surface area contributed by atoms with Gasteiger partial charge in [-0.25, -0.2) is 0 Å². The summed E-state index contributed by atoms with van der Waals surface area (Å²) < 4.78 is 5.49. The first kappa shape index (κ1) is 13.0. The Morgan fingerprint density at radius 1 is 1.00 bits per heavy atom. The van der Waals surface area contributed by atoms with Crippen molar-refractivity contribution in [3.63, 3.8) is 0 Å². The van der Waals surface area contributed by atoms with Crippen molar-refractivity contribution in [2.24, 2.45) is 5.73 Å². The fourth-order valence-electron chi connectivity index (χ4n) is 2.56. The summed E-state index contributed by atoms with van der Waals surface area (Å²) in [4.78, 5) is 2.39. The molecule has 0 saturated carbocycles. The number of rotatable bonds is 5. The monoisotopic (exact) mass is 268 g/mol. The van der Waals surface area contributed by atoms with E-state index in [-0.39, 0.29) is 0 Å². The highest BCUT2D eigenvalue weighted by atomic mass is 16.5. The lowest BCUT2D eigenvalue weighted by Crippen LogP contribution is -2.44. The maximum Gasteiger partial charge on any atom is 0.119 e. The van der Waals surface area contributed by atoms with Gasteiger partial charge in [-0.05, 0) is 29.8 Å². The standard InChI is InChI=1S/C17H20N2O/c18-10-11-20-17-8-6-16(7-9-17)19-12-15(13-19)14-4-2-1-3-5-14/h1-9,15H,10-13,18H2. The third-order valence-corrected chi connectivity index (χ3v) is 3.74. The maximum atomic E-state index is 5.49. The zero-order valence-corrected chi connectivity index (χ0v) is 11.5. The molecule has 3 rings (SSSR count). The molecule has 1 heterocycles. The van der Waals surface area contributed by atoms with Crippen LogP contribution < -0.4 is 15.4 Å². The van der Waals surface area contributed by atoms with Gasteiger partial charge in [0.25, 0.3) is 0 Å². The van der Waals surface area contributed by atoms with Crippen molar-refractivity contribution >= 4 is 5.69 Å². The Balaban J connectivity index is 1.57. The van der Waals surface area contributed by atoms with Crippen molar-refractivity contribution in [2.75, 3.05) is 31.1 Å². The molecule has 1 aliphatic rings. The van der Waals surface area contributed by atoms with E-state index in [4.69, 9.17) is 10.5 Å². The van der Waals surface area contributed by atoms with Crippen LogP contribution in [0.4, 0.5) is 5.69 Å². The highest BCUT2D eigenvalue weighted by Gasteiger charge is 2.27. The highest BCUT2D eigenvalue weighted by Crippen LogP contribution is 2.32. The molecule has 0 atom stereocenters. The maximum absolute atomic E-state index is 5.49. The molecule has 3 nitrogen and oxygen atoms in total.